The summed E-state index contributed by atoms with van der Waals surface area (Å²) in [6.45, 7) is 4.43. The van der Waals surface area contributed by atoms with Crippen molar-refractivity contribution in [2.45, 2.75) is 19.9 Å². The van der Waals surface area contributed by atoms with Gasteiger partial charge in [0.05, 0.1) is 12.2 Å². The Bertz CT molecular complexity index is 239. The third kappa shape index (κ3) is 2.51. The minimum Gasteiger partial charge on any atom is -0.359 e. The van der Waals surface area contributed by atoms with Crippen molar-refractivity contribution in [2.75, 3.05) is 6.54 Å². The van der Waals surface area contributed by atoms with Crippen LogP contribution in [0.4, 0.5) is 0 Å². The van der Waals surface area contributed by atoms with E-state index in [1.165, 1.54) is 0 Å². The minimum atomic E-state index is 0.105. The minimum absolute atomic E-state index is 0.105. The lowest BCUT2D eigenvalue weighted by molar-refractivity contribution is 0.0984. The molecule has 1 heterocycles. The Morgan fingerprint density at radius 2 is 2.42 bits per heavy atom. The third-order valence-corrected chi connectivity index (χ3v) is 1.57. The van der Waals surface area contributed by atoms with Gasteiger partial charge in [-0.25, -0.2) is 0 Å². The number of carbonyl (C=O) groups is 1. The Labute approximate surface area is 72.2 Å². The summed E-state index contributed by atoms with van der Waals surface area (Å²) >= 11 is 0. The number of ketones is 1. The SMILES string of the molecule is CC(C)NCC(=O)c1ccc[nH]1. The lowest BCUT2D eigenvalue weighted by atomic mass is 10.2. The van der Waals surface area contributed by atoms with Crippen molar-refractivity contribution in [3.05, 3.63) is 24.0 Å². The number of aromatic amines is 1. The van der Waals surface area contributed by atoms with Crippen LogP contribution in [0.2, 0.25) is 0 Å². The van der Waals surface area contributed by atoms with Crippen molar-refractivity contribution in [3.63, 3.8) is 0 Å². The first-order chi connectivity index (χ1) is 5.70. The van der Waals surface area contributed by atoms with Gasteiger partial charge in [-0.05, 0) is 12.1 Å². The zero-order valence-electron chi connectivity index (χ0n) is 7.42. The molecule has 1 rings (SSSR count). The van der Waals surface area contributed by atoms with Crippen molar-refractivity contribution in [2.24, 2.45) is 0 Å². The first-order valence-electron chi connectivity index (χ1n) is 4.10. The van der Waals surface area contributed by atoms with E-state index >= 15 is 0 Å². The van der Waals surface area contributed by atoms with Gasteiger partial charge in [0, 0.05) is 12.2 Å². The zero-order chi connectivity index (χ0) is 8.97. The van der Waals surface area contributed by atoms with Crippen LogP contribution in [0.1, 0.15) is 24.3 Å². The van der Waals surface area contributed by atoms with E-state index < -0.39 is 0 Å². The number of hydrogen-bond acceptors (Lipinski definition) is 2. The van der Waals surface area contributed by atoms with Crippen molar-refractivity contribution in [3.8, 4) is 0 Å². The molecule has 0 bridgehead atoms. The second-order valence-electron chi connectivity index (χ2n) is 3.04. The summed E-state index contributed by atoms with van der Waals surface area (Å²) in [5.74, 6) is 0.105. The van der Waals surface area contributed by atoms with Crippen molar-refractivity contribution >= 4 is 5.78 Å². The third-order valence-electron chi connectivity index (χ3n) is 1.57. The summed E-state index contributed by atoms with van der Waals surface area (Å²) in [6.07, 6.45) is 1.75. The monoisotopic (exact) mass is 166 g/mol. The first-order valence-corrected chi connectivity index (χ1v) is 4.10. The molecule has 0 amide bonds. The van der Waals surface area contributed by atoms with E-state index in [4.69, 9.17) is 0 Å². The maximum atomic E-state index is 11.3. The predicted molar refractivity (Wildman–Crippen MR) is 48.3 cm³/mol. The highest BCUT2D eigenvalue weighted by molar-refractivity contribution is 5.95. The van der Waals surface area contributed by atoms with E-state index in [1.54, 1.807) is 12.3 Å². The predicted octanol–water partition coefficient (Wildman–Crippen LogP) is 1.20. The maximum Gasteiger partial charge on any atom is 0.192 e. The van der Waals surface area contributed by atoms with Gasteiger partial charge in [0.15, 0.2) is 5.78 Å². The Hall–Kier alpha value is -1.09. The van der Waals surface area contributed by atoms with Gasteiger partial charge >= 0.3 is 0 Å². The molecule has 0 spiro atoms. The molecule has 0 saturated carbocycles. The van der Waals surface area contributed by atoms with Crippen LogP contribution in [0.25, 0.3) is 0 Å². The number of aromatic nitrogens is 1. The molecule has 0 aliphatic carbocycles. The van der Waals surface area contributed by atoms with Gasteiger partial charge in [0.2, 0.25) is 0 Å². The van der Waals surface area contributed by atoms with Crippen LogP contribution < -0.4 is 5.32 Å². The molecule has 3 nitrogen and oxygen atoms in total. The topological polar surface area (TPSA) is 44.9 Å². The van der Waals surface area contributed by atoms with E-state index in [0.717, 1.165) is 0 Å². The second-order valence-corrected chi connectivity index (χ2v) is 3.04. The van der Waals surface area contributed by atoms with Gasteiger partial charge in [0.1, 0.15) is 0 Å². The first kappa shape index (κ1) is 9.00. The van der Waals surface area contributed by atoms with Crippen molar-refractivity contribution in [1.82, 2.24) is 10.3 Å². The largest absolute Gasteiger partial charge is 0.359 e. The highest BCUT2D eigenvalue weighted by Crippen LogP contribution is 1.94. The highest BCUT2D eigenvalue weighted by atomic mass is 16.1. The molecule has 0 aliphatic heterocycles. The van der Waals surface area contributed by atoms with Crippen LogP contribution in [0.3, 0.4) is 0 Å². The molecule has 1 aromatic heterocycles. The number of nitrogens with one attached hydrogen (secondary N) is 2. The van der Waals surface area contributed by atoms with E-state index in [1.807, 2.05) is 19.9 Å². The maximum absolute atomic E-state index is 11.3. The molecule has 0 unspecified atom stereocenters. The highest BCUT2D eigenvalue weighted by Gasteiger charge is 2.05. The van der Waals surface area contributed by atoms with Crippen LogP contribution in [0.5, 0.6) is 0 Å². The van der Waals surface area contributed by atoms with Crippen LogP contribution in [-0.4, -0.2) is 23.4 Å². The van der Waals surface area contributed by atoms with Gasteiger partial charge in [-0.2, -0.15) is 0 Å². The molecule has 3 heteroatoms. The summed E-state index contributed by atoms with van der Waals surface area (Å²) in [6, 6.07) is 3.95. The average Bonchev–Trinajstić information content (AvgIpc) is 2.51. The number of carbonyl (C=O) groups excluding carboxylic acids is 1. The van der Waals surface area contributed by atoms with Crippen LogP contribution in [-0.2, 0) is 0 Å². The Morgan fingerprint density at radius 1 is 1.67 bits per heavy atom. The van der Waals surface area contributed by atoms with Crippen LogP contribution in [0.15, 0.2) is 18.3 Å². The summed E-state index contributed by atoms with van der Waals surface area (Å²) in [5.41, 5.74) is 0.670. The molecule has 66 valence electrons. The molecule has 0 atom stereocenters. The van der Waals surface area contributed by atoms with E-state index in [0.29, 0.717) is 18.3 Å². The van der Waals surface area contributed by atoms with E-state index in [2.05, 4.69) is 10.3 Å². The molecule has 0 fully saturated rings. The summed E-state index contributed by atoms with van der Waals surface area (Å²) in [4.78, 5) is 14.2. The van der Waals surface area contributed by atoms with Crippen LogP contribution >= 0.6 is 0 Å². The van der Waals surface area contributed by atoms with Gasteiger partial charge in [-0.3, -0.25) is 4.79 Å². The fraction of sp³-hybridized carbons (Fsp3) is 0.444. The number of hydrogen-bond donors (Lipinski definition) is 2. The smallest absolute Gasteiger partial charge is 0.192 e. The Balaban J connectivity index is 2.40. The van der Waals surface area contributed by atoms with Gasteiger partial charge in [-0.1, -0.05) is 13.8 Å². The van der Waals surface area contributed by atoms with Crippen LogP contribution in [0, 0.1) is 0 Å². The van der Waals surface area contributed by atoms with Crippen molar-refractivity contribution in [1.29, 1.82) is 0 Å². The number of H-pyrrole nitrogens is 1. The molecule has 0 aromatic carbocycles. The molecule has 0 radical (unpaired) electrons. The van der Waals surface area contributed by atoms with Crippen molar-refractivity contribution < 1.29 is 4.79 Å². The molecule has 1 aromatic rings. The molecule has 0 saturated heterocycles. The lowest BCUT2D eigenvalue weighted by Gasteiger charge is -2.05. The molecular formula is C9H14N2O. The fourth-order valence-electron chi connectivity index (χ4n) is 0.896. The van der Waals surface area contributed by atoms with E-state index in [-0.39, 0.29) is 5.78 Å². The summed E-state index contributed by atoms with van der Waals surface area (Å²) in [7, 11) is 0. The van der Waals surface area contributed by atoms with E-state index in [9.17, 15) is 4.79 Å². The second kappa shape index (κ2) is 4.07. The Kier molecular flexibility index (Phi) is 3.05. The average molecular weight is 166 g/mol. The lowest BCUT2D eigenvalue weighted by Crippen LogP contribution is -2.29. The van der Waals surface area contributed by atoms with Gasteiger partial charge in [-0.15, -0.1) is 0 Å². The quantitative estimate of drug-likeness (QED) is 0.660. The fourth-order valence-corrected chi connectivity index (χ4v) is 0.896. The molecule has 12 heavy (non-hydrogen) atoms. The summed E-state index contributed by atoms with van der Waals surface area (Å²) < 4.78 is 0. The number of rotatable bonds is 4. The van der Waals surface area contributed by atoms with Gasteiger partial charge < -0.3 is 10.3 Å². The number of Topliss-reactive ketones (excluding diaryl/α,β-unsaturated/α-hetero) is 1. The molecule has 0 aliphatic rings. The molecule has 2 N–H and O–H groups in total. The Morgan fingerprint density at radius 3 is 2.92 bits per heavy atom. The normalized spacial score (nSPS) is 10.6. The zero-order valence-corrected chi connectivity index (χ0v) is 7.42. The molecular weight excluding hydrogens is 152 g/mol. The van der Waals surface area contributed by atoms with Gasteiger partial charge in [0.25, 0.3) is 0 Å². The standard InChI is InChI=1S/C9H14N2O/c1-7(2)11-6-9(12)8-4-3-5-10-8/h3-5,7,10-11H,6H2,1-2H3. The summed E-state index contributed by atoms with van der Waals surface area (Å²) in [5, 5.41) is 3.06.